The number of likely N-dealkylation sites (tertiary alicyclic amines) is 1. The van der Waals surface area contributed by atoms with Gasteiger partial charge < -0.3 is 15.7 Å². The summed E-state index contributed by atoms with van der Waals surface area (Å²) >= 11 is 8.75. The lowest BCUT2D eigenvalue weighted by Crippen LogP contribution is -2.38. The van der Waals surface area contributed by atoms with Crippen molar-refractivity contribution in [2.24, 2.45) is 0 Å². The maximum Gasteiger partial charge on any atom is 0.261 e. The van der Waals surface area contributed by atoms with Gasteiger partial charge in [-0.1, -0.05) is 11.6 Å². The van der Waals surface area contributed by atoms with Gasteiger partial charge in [0.1, 0.15) is 0 Å². The minimum absolute atomic E-state index is 0.0420. The van der Waals surface area contributed by atoms with E-state index in [0.29, 0.717) is 33.5 Å². The number of hydrogen-bond donors (Lipinski definition) is 3. The molecule has 1 atom stereocenters. The number of aliphatic hydroxyl groups excluding tert-OH is 1. The van der Waals surface area contributed by atoms with Crippen LogP contribution in [0.3, 0.4) is 0 Å². The summed E-state index contributed by atoms with van der Waals surface area (Å²) in [4.78, 5) is 35.8. The third kappa shape index (κ3) is 6.49. The average Bonchev–Trinajstić information content (AvgIpc) is 3.48. The topological polar surface area (TPSA) is 97.8 Å². The van der Waals surface area contributed by atoms with Gasteiger partial charge in [-0.05, 0) is 32.4 Å². The van der Waals surface area contributed by atoms with Crippen molar-refractivity contribution in [2.45, 2.75) is 45.3 Å². The highest BCUT2D eigenvalue weighted by Gasteiger charge is 2.27. The number of carbonyl (C=O) groups excluding carboxylic acids is 2. The molecule has 4 rings (SSSR count). The predicted octanol–water partition coefficient (Wildman–Crippen LogP) is 2.68. The van der Waals surface area contributed by atoms with Crippen molar-refractivity contribution >= 4 is 51.2 Å². The van der Waals surface area contributed by atoms with Gasteiger partial charge in [0, 0.05) is 56.7 Å². The summed E-state index contributed by atoms with van der Waals surface area (Å²) in [5.74, 6) is -0.161. The number of nitrogens with zero attached hydrogens (tertiary/aromatic N) is 3. The van der Waals surface area contributed by atoms with Crippen molar-refractivity contribution in [1.29, 1.82) is 0 Å². The molecule has 1 unspecified atom stereocenters. The molecule has 0 saturated carbocycles. The number of thiazole rings is 1. The Morgan fingerprint density at radius 3 is 2.75 bits per heavy atom. The van der Waals surface area contributed by atoms with E-state index in [1.807, 2.05) is 0 Å². The first-order chi connectivity index (χ1) is 15.4. The number of hydrogen-bond acceptors (Lipinski definition) is 8. The highest BCUT2D eigenvalue weighted by molar-refractivity contribution is 7.18. The van der Waals surface area contributed by atoms with Crippen molar-refractivity contribution in [2.75, 3.05) is 38.6 Å². The van der Waals surface area contributed by atoms with Gasteiger partial charge in [0.15, 0.2) is 5.13 Å². The fraction of sp³-hybridized carbons (Fsp3) is 0.571. The zero-order valence-electron chi connectivity index (χ0n) is 18.6. The molecule has 176 valence electrons. The van der Waals surface area contributed by atoms with E-state index in [0.717, 1.165) is 45.3 Å². The monoisotopic (exact) mass is 499 g/mol. The van der Waals surface area contributed by atoms with E-state index in [-0.39, 0.29) is 17.9 Å². The number of aromatic nitrogens is 1. The van der Waals surface area contributed by atoms with Crippen LogP contribution < -0.4 is 10.6 Å². The molecular weight excluding hydrogens is 470 g/mol. The van der Waals surface area contributed by atoms with E-state index in [1.54, 1.807) is 23.5 Å². The summed E-state index contributed by atoms with van der Waals surface area (Å²) in [7, 11) is 1.00. The molecule has 8 nitrogen and oxygen atoms in total. The van der Waals surface area contributed by atoms with Crippen LogP contribution in [0.5, 0.6) is 0 Å². The largest absolute Gasteiger partial charge is 0.400 e. The lowest BCUT2D eigenvalue weighted by Gasteiger charge is -2.29. The van der Waals surface area contributed by atoms with E-state index in [2.05, 4.69) is 39.3 Å². The number of fused-ring (bicyclic) bond motifs is 1. The summed E-state index contributed by atoms with van der Waals surface area (Å²) in [6.07, 6.45) is 1.76. The molecular formula is C21H30ClN5O3S2. The molecule has 1 fully saturated rings. The van der Waals surface area contributed by atoms with Crippen LogP contribution in [0.2, 0.25) is 4.34 Å². The molecule has 2 aliphatic heterocycles. The number of aliphatic hydroxyl groups is 1. The Hall–Kier alpha value is -1.56. The standard InChI is InChI=1S/C20H26ClN5O2S2.CH4O/c1-12(2)26-8-6-14-16(10-26)30-20(23-14)24-18(27)11-25-7-5-13(9-25)22-19(28)15-3-4-17(21)29-15;1-2/h3-4,12-13H,5-11H2,1-2H3,(H,22,28)(H,23,24,27);2H,1H3. The highest BCUT2D eigenvalue weighted by Crippen LogP contribution is 2.29. The number of thiophene rings is 1. The molecule has 4 heterocycles. The van der Waals surface area contributed by atoms with Gasteiger partial charge in [0.25, 0.3) is 5.91 Å². The Labute approximate surface area is 201 Å². The fourth-order valence-corrected chi connectivity index (χ4v) is 5.85. The van der Waals surface area contributed by atoms with Crippen molar-refractivity contribution in [3.63, 3.8) is 0 Å². The van der Waals surface area contributed by atoms with E-state index in [9.17, 15) is 9.59 Å². The quantitative estimate of drug-likeness (QED) is 0.565. The van der Waals surface area contributed by atoms with Gasteiger partial charge in [0.2, 0.25) is 5.91 Å². The SMILES string of the molecule is CC(C)N1CCc2nc(NC(=O)CN3CCC(NC(=O)c4ccc(Cl)s4)C3)sc2C1.CO. The van der Waals surface area contributed by atoms with Crippen molar-refractivity contribution in [3.05, 3.63) is 31.9 Å². The maximum atomic E-state index is 12.5. The van der Waals surface area contributed by atoms with Gasteiger partial charge in [-0.2, -0.15) is 0 Å². The normalized spacial score (nSPS) is 18.8. The summed E-state index contributed by atoms with van der Waals surface area (Å²) in [6, 6.07) is 4.01. The molecule has 2 amide bonds. The molecule has 0 radical (unpaired) electrons. The summed E-state index contributed by atoms with van der Waals surface area (Å²) in [6.45, 7) is 8.08. The third-order valence-electron chi connectivity index (χ3n) is 5.51. The Morgan fingerprint density at radius 1 is 1.28 bits per heavy atom. The number of anilines is 1. The Kier molecular flexibility index (Phi) is 9.04. The number of amides is 2. The van der Waals surface area contributed by atoms with E-state index in [1.165, 1.54) is 16.2 Å². The van der Waals surface area contributed by atoms with Crippen LogP contribution in [0.1, 0.15) is 40.5 Å². The molecule has 11 heteroatoms. The summed E-state index contributed by atoms with van der Waals surface area (Å²) in [5, 5.41) is 13.7. The zero-order valence-corrected chi connectivity index (χ0v) is 20.9. The molecule has 0 spiro atoms. The second kappa shape index (κ2) is 11.5. The second-order valence-electron chi connectivity index (χ2n) is 8.05. The fourth-order valence-electron chi connectivity index (χ4n) is 3.86. The highest BCUT2D eigenvalue weighted by atomic mass is 35.5. The first kappa shape index (κ1) is 25.1. The number of carbonyl (C=O) groups is 2. The average molecular weight is 500 g/mol. The molecule has 1 saturated heterocycles. The molecule has 0 aromatic carbocycles. The first-order valence-corrected chi connectivity index (χ1v) is 12.6. The minimum atomic E-state index is -0.105. The van der Waals surface area contributed by atoms with Crippen molar-refractivity contribution < 1.29 is 14.7 Å². The van der Waals surface area contributed by atoms with Crippen LogP contribution in [0.15, 0.2) is 12.1 Å². The molecule has 2 aromatic rings. The van der Waals surface area contributed by atoms with Gasteiger partial charge in [-0.3, -0.25) is 19.4 Å². The van der Waals surface area contributed by atoms with Crippen LogP contribution >= 0.6 is 34.3 Å². The minimum Gasteiger partial charge on any atom is -0.400 e. The number of halogens is 1. The second-order valence-corrected chi connectivity index (χ2v) is 10.8. The Morgan fingerprint density at radius 2 is 2.06 bits per heavy atom. The number of nitrogens with one attached hydrogen (secondary N) is 2. The van der Waals surface area contributed by atoms with Crippen molar-refractivity contribution in [1.82, 2.24) is 20.1 Å². The molecule has 3 N–H and O–H groups in total. The van der Waals surface area contributed by atoms with Crippen LogP contribution in [0, 0.1) is 0 Å². The lowest BCUT2D eigenvalue weighted by molar-refractivity contribution is -0.117. The molecule has 2 aliphatic rings. The van der Waals surface area contributed by atoms with E-state index in [4.69, 9.17) is 16.7 Å². The molecule has 32 heavy (non-hydrogen) atoms. The zero-order chi connectivity index (χ0) is 23.3. The molecule has 0 bridgehead atoms. The van der Waals surface area contributed by atoms with Gasteiger partial charge >= 0.3 is 0 Å². The maximum absolute atomic E-state index is 12.5. The Bertz CT molecular complexity index is 932. The van der Waals surface area contributed by atoms with Crippen LogP contribution in [0.25, 0.3) is 0 Å². The van der Waals surface area contributed by atoms with Gasteiger partial charge in [-0.15, -0.1) is 22.7 Å². The van der Waals surface area contributed by atoms with Crippen LogP contribution in [0.4, 0.5) is 5.13 Å². The smallest absolute Gasteiger partial charge is 0.261 e. The number of rotatable bonds is 6. The van der Waals surface area contributed by atoms with Gasteiger partial charge in [0.05, 0.1) is 21.5 Å². The lowest BCUT2D eigenvalue weighted by atomic mass is 10.1. The molecule has 2 aromatic heterocycles. The molecule has 0 aliphatic carbocycles. The van der Waals surface area contributed by atoms with Gasteiger partial charge in [-0.25, -0.2) is 4.98 Å². The first-order valence-electron chi connectivity index (χ1n) is 10.6. The summed E-state index contributed by atoms with van der Waals surface area (Å²) < 4.78 is 0.602. The van der Waals surface area contributed by atoms with Crippen molar-refractivity contribution in [3.8, 4) is 0 Å². The van der Waals surface area contributed by atoms with Crippen LogP contribution in [-0.2, 0) is 17.8 Å². The predicted molar refractivity (Wildman–Crippen MR) is 130 cm³/mol. The summed E-state index contributed by atoms with van der Waals surface area (Å²) in [5.41, 5.74) is 1.12. The van der Waals surface area contributed by atoms with E-state index >= 15 is 0 Å². The Balaban J connectivity index is 0.00000141. The van der Waals surface area contributed by atoms with E-state index < -0.39 is 0 Å². The third-order valence-corrected chi connectivity index (χ3v) is 7.74. The van der Waals surface area contributed by atoms with Crippen LogP contribution in [-0.4, -0.2) is 77.1 Å².